The van der Waals surface area contributed by atoms with Crippen LogP contribution in [0.5, 0.6) is 11.5 Å². The molecule has 0 spiro atoms. The minimum atomic E-state index is -4.30. The van der Waals surface area contributed by atoms with Crippen LogP contribution in [0.2, 0.25) is 0 Å². The second kappa shape index (κ2) is 11.9. The number of likely N-dealkylation sites (N-methyl/N-ethyl adjacent to an activating group) is 1. The highest BCUT2D eigenvalue weighted by molar-refractivity contribution is 14.1. The zero-order valence-electron chi connectivity index (χ0n) is 19.8. The van der Waals surface area contributed by atoms with Crippen LogP contribution in [0.1, 0.15) is 16.7 Å². The van der Waals surface area contributed by atoms with Crippen LogP contribution in [0.4, 0.5) is 14.5 Å². The Balaban J connectivity index is 2.20. The zero-order valence-corrected chi connectivity index (χ0v) is 22.8. The Hall–Kier alpha value is -2.93. The average Bonchev–Trinajstić information content (AvgIpc) is 2.89. The minimum absolute atomic E-state index is 0.0604. The third-order valence-corrected chi connectivity index (χ3v) is 8.12. The first-order chi connectivity index (χ1) is 17.2. The lowest BCUT2D eigenvalue weighted by Gasteiger charge is -2.27. The molecule has 1 N–H and O–H groups in total. The van der Waals surface area contributed by atoms with Gasteiger partial charge in [-0.05, 0) is 41.0 Å². The molecule has 0 radical (unpaired) electrons. The summed E-state index contributed by atoms with van der Waals surface area (Å²) in [5.41, 5.74) is 1.51. The van der Waals surface area contributed by atoms with Crippen LogP contribution in [0.3, 0.4) is 0 Å². The summed E-state index contributed by atoms with van der Waals surface area (Å²) in [5.74, 6) is -2.04. The molecule has 3 aromatic rings. The van der Waals surface area contributed by atoms with E-state index >= 15 is 0 Å². The molecular formula is C25H25F2IN2O5S. The van der Waals surface area contributed by atoms with Crippen LogP contribution in [0.25, 0.3) is 0 Å². The third kappa shape index (κ3) is 5.89. The van der Waals surface area contributed by atoms with Gasteiger partial charge in [0.2, 0.25) is 5.91 Å². The molecule has 0 heterocycles. The average molecular weight is 630 g/mol. The number of nitrogens with one attached hydrogen (secondary N) is 1. The molecule has 0 saturated carbocycles. The summed E-state index contributed by atoms with van der Waals surface area (Å²) in [6, 6.07) is 13.0. The number of sulfonamides is 1. The number of rotatable bonds is 10. The fraction of sp³-hybridized carbons (Fsp3) is 0.240. The molecule has 0 bridgehead atoms. The van der Waals surface area contributed by atoms with E-state index in [4.69, 9.17) is 9.47 Å². The SMILES string of the molecule is CNC(=O)CN(c1ccc(CI)cc1Cc1cccc(F)c1F)S(=O)(=O)c1ccc(OC)c(OC)c1. The first-order valence-corrected chi connectivity index (χ1v) is 13.7. The summed E-state index contributed by atoms with van der Waals surface area (Å²) < 4.78 is 68.1. The fourth-order valence-corrected chi connectivity index (χ4v) is 5.56. The predicted molar refractivity (Wildman–Crippen MR) is 141 cm³/mol. The van der Waals surface area contributed by atoms with E-state index in [1.54, 1.807) is 18.2 Å². The van der Waals surface area contributed by atoms with Crippen molar-refractivity contribution in [3.05, 3.63) is 82.9 Å². The number of carbonyl (C=O) groups is 1. The van der Waals surface area contributed by atoms with Gasteiger partial charge in [-0.15, -0.1) is 0 Å². The van der Waals surface area contributed by atoms with Gasteiger partial charge in [0, 0.05) is 24.0 Å². The summed E-state index contributed by atoms with van der Waals surface area (Å²) in [7, 11) is -0.101. The molecule has 0 atom stereocenters. The van der Waals surface area contributed by atoms with Crippen molar-refractivity contribution < 1.29 is 31.5 Å². The van der Waals surface area contributed by atoms with E-state index in [1.165, 1.54) is 51.6 Å². The van der Waals surface area contributed by atoms with Crippen molar-refractivity contribution in [1.29, 1.82) is 0 Å². The molecule has 0 unspecified atom stereocenters. The summed E-state index contributed by atoms with van der Waals surface area (Å²) >= 11 is 2.15. The highest BCUT2D eigenvalue weighted by Crippen LogP contribution is 2.34. The Kier molecular flexibility index (Phi) is 9.12. The third-order valence-electron chi connectivity index (χ3n) is 5.49. The molecule has 1 amide bonds. The van der Waals surface area contributed by atoms with E-state index < -0.39 is 34.1 Å². The second-order valence-electron chi connectivity index (χ2n) is 7.69. The van der Waals surface area contributed by atoms with E-state index in [2.05, 4.69) is 27.9 Å². The summed E-state index contributed by atoms with van der Waals surface area (Å²) in [6.45, 7) is -0.532. The van der Waals surface area contributed by atoms with Gasteiger partial charge in [0.25, 0.3) is 10.0 Å². The van der Waals surface area contributed by atoms with Crippen molar-refractivity contribution in [1.82, 2.24) is 5.32 Å². The number of alkyl halides is 1. The molecular weight excluding hydrogens is 605 g/mol. The Morgan fingerprint density at radius 2 is 1.72 bits per heavy atom. The summed E-state index contributed by atoms with van der Waals surface area (Å²) in [4.78, 5) is 12.3. The van der Waals surface area contributed by atoms with Crippen molar-refractivity contribution in [2.75, 3.05) is 32.1 Å². The molecule has 11 heteroatoms. The first kappa shape index (κ1) is 27.7. The lowest BCUT2D eigenvalue weighted by molar-refractivity contribution is -0.119. The zero-order chi connectivity index (χ0) is 26.5. The van der Waals surface area contributed by atoms with Crippen LogP contribution >= 0.6 is 22.6 Å². The van der Waals surface area contributed by atoms with E-state index in [0.717, 1.165) is 15.9 Å². The number of halogens is 3. The molecule has 0 aliphatic rings. The Morgan fingerprint density at radius 1 is 1.00 bits per heavy atom. The van der Waals surface area contributed by atoms with Gasteiger partial charge in [0.1, 0.15) is 6.54 Å². The molecule has 7 nitrogen and oxygen atoms in total. The molecule has 0 aliphatic heterocycles. The van der Waals surface area contributed by atoms with E-state index in [0.29, 0.717) is 15.7 Å². The number of amides is 1. The normalized spacial score (nSPS) is 11.2. The number of anilines is 1. The van der Waals surface area contributed by atoms with Gasteiger partial charge in [-0.2, -0.15) is 0 Å². The van der Waals surface area contributed by atoms with E-state index in [-0.39, 0.29) is 28.3 Å². The monoisotopic (exact) mass is 630 g/mol. The number of benzene rings is 3. The maximum absolute atomic E-state index is 14.5. The second-order valence-corrected chi connectivity index (χ2v) is 10.3. The Labute approximate surface area is 222 Å². The highest BCUT2D eigenvalue weighted by Gasteiger charge is 2.30. The first-order valence-electron chi connectivity index (χ1n) is 10.7. The Morgan fingerprint density at radius 3 is 2.36 bits per heavy atom. The van der Waals surface area contributed by atoms with Crippen LogP contribution < -0.4 is 19.1 Å². The standard InChI is InChI=1S/C25H25F2IN2O5S/c1-29-24(31)15-30(36(32,33)19-8-10-22(34-2)23(13-19)35-3)21-9-7-16(14-28)11-18(21)12-17-5-4-6-20(26)25(17)27/h4-11,13H,12,14-15H2,1-3H3,(H,29,31). The predicted octanol–water partition coefficient (Wildman–Crippen LogP) is 4.45. The van der Waals surface area contributed by atoms with Gasteiger partial charge >= 0.3 is 0 Å². The fourth-order valence-electron chi connectivity index (χ4n) is 3.61. The van der Waals surface area contributed by atoms with Crippen LogP contribution in [0, 0.1) is 11.6 Å². The van der Waals surface area contributed by atoms with Gasteiger partial charge in [0.15, 0.2) is 23.1 Å². The van der Waals surface area contributed by atoms with E-state index in [1.807, 2.05) is 0 Å². The number of methoxy groups -OCH3 is 2. The molecule has 0 fully saturated rings. The largest absolute Gasteiger partial charge is 0.493 e. The van der Waals surface area contributed by atoms with Crippen molar-refractivity contribution >= 4 is 44.2 Å². The smallest absolute Gasteiger partial charge is 0.264 e. The van der Waals surface area contributed by atoms with Crippen LogP contribution in [0.15, 0.2) is 59.5 Å². The molecule has 36 heavy (non-hydrogen) atoms. The van der Waals surface area contributed by atoms with Gasteiger partial charge in [-0.25, -0.2) is 17.2 Å². The maximum atomic E-state index is 14.5. The molecule has 192 valence electrons. The number of carbonyl (C=O) groups excluding carboxylic acids is 1. The van der Waals surface area contributed by atoms with Gasteiger partial charge in [-0.1, -0.05) is 46.9 Å². The molecule has 0 aliphatic carbocycles. The van der Waals surface area contributed by atoms with Crippen molar-refractivity contribution in [2.24, 2.45) is 0 Å². The van der Waals surface area contributed by atoms with Crippen LogP contribution in [-0.2, 0) is 25.7 Å². The maximum Gasteiger partial charge on any atom is 0.264 e. The quantitative estimate of drug-likeness (QED) is 0.265. The molecule has 0 saturated heterocycles. The van der Waals surface area contributed by atoms with Crippen LogP contribution in [-0.4, -0.2) is 42.1 Å². The highest BCUT2D eigenvalue weighted by atomic mass is 127. The molecule has 3 rings (SSSR count). The van der Waals surface area contributed by atoms with Crippen molar-refractivity contribution in [3.63, 3.8) is 0 Å². The van der Waals surface area contributed by atoms with Crippen molar-refractivity contribution in [3.8, 4) is 11.5 Å². The molecule has 3 aromatic carbocycles. The number of hydrogen-bond acceptors (Lipinski definition) is 5. The van der Waals surface area contributed by atoms with Gasteiger partial charge in [-0.3, -0.25) is 9.10 Å². The lowest BCUT2D eigenvalue weighted by atomic mass is 10.0. The van der Waals surface area contributed by atoms with Gasteiger partial charge in [0.05, 0.1) is 24.8 Å². The number of ether oxygens (including phenoxy) is 2. The summed E-state index contributed by atoms with van der Waals surface area (Å²) in [6.07, 6.45) is -0.0882. The topological polar surface area (TPSA) is 84.9 Å². The molecule has 0 aromatic heterocycles. The lowest BCUT2D eigenvalue weighted by Crippen LogP contribution is -2.40. The van der Waals surface area contributed by atoms with E-state index in [9.17, 15) is 22.0 Å². The van der Waals surface area contributed by atoms with Gasteiger partial charge < -0.3 is 14.8 Å². The summed E-state index contributed by atoms with van der Waals surface area (Å²) in [5, 5.41) is 2.44. The van der Waals surface area contributed by atoms with Crippen molar-refractivity contribution in [2.45, 2.75) is 15.7 Å². The number of nitrogens with zero attached hydrogens (tertiary/aromatic N) is 1. The minimum Gasteiger partial charge on any atom is -0.493 e. The Bertz CT molecular complexity index is 1370. The number of hydrogen-bond donors (Lipinski definition) is 1.